The fourth-order valence-electron chi connectivity index (χ4n) is 2.29. The molecule has 0 bridgehead atoms. The van der Waals surface area contributed by atoms with Crippen LogP contribution in [0.5, 0.6) is 0 Å². The number of sulfonamides is 1. The molecule has 0 spiro atoms. The Morgan fingerprint density at radius 3 is 2.54 bits per heavy atom. The maximum absolute atomic E-state index is 14.0. The van der Waals surface area contributed by atoms with Gasteiger partial charge in [-0.3, -0.25) is 9.71 Å². The molecule has 0 fully saturated rings. The van der Waals surface area contributed by atoms with Gasteiger partial charge in [-0.2, -0.15) is 0 Å². The molecule has 2 aromatic carbocycles. The van der Waals surface area contributed by atoms with E-state index in [1.807, 2.05) is 4.72 Å². The summed E-state index contributed by atoms with van der Waals surface area (Å²) in [4.78, 5) is 15.1. The number of hydrogen-bond acceptors (Lipinski definition) is 4. The van der Waals surface area contributed by atoms with Crippen molar-refractivity contribution in [3.8, 4) is 0 Å². The van der Waals surface area contributed by atoms with Gasteiger partial charge in [0.05, 0.1) is 16.8 Å². The first-order valence-electron chi connectivity index (χ1n) is 6.78. The molecular weight excluding hydrogens is 335 g/mol. The van der Waals surface area contributed by atoms with Crippen LogP contribution in [0.15, 0.2) is 59.6 Å². The number of carbonyl (C=O) groups is 1. The van der Waals surface area contributed by atoms with E-state index in [1.165, 1.54) is 24.4 Å². The van der Waals surface area contributed by atoms with E-state index in [-0.39, 0.29) is 10.4 Å². The number of rotatable bonds is 4. The Labute approximate surface area is 136 Å². The van der Waals surface area contributed by atoms with Crippen LogP contribution in [-0.2, 0) is 10.0 Å². The lowest BCUT2D eigenvalue weighted by molar-refractivity contribution is 0.0697. The average molecular weight is 346 g/mol. The van der Waals surface area contributed by atoms with Crippen molar-refractivity contribution in [3.05, 3.63) is 66.1 Å². The van der Waals surface area contributed by atoms with E-state index in [0.29, 0.717) is 5.39 Å². The maximum Gasteiger partial charge on any atom is 0.337 e. The summed E-state index contributed by atoms with van der Waals surface area (Å²) in [5.74, 6) is -2.42. The van der Waals surface area contributed by atoms with Crippen LogP contribution < -0.4 is 4.72 Å². The number of halogens is 1. The first kappa shape index (κ1) is 15.9. The molecule has 122 valence electrons. The van der Waals surface area contributed by atoms with Crippen LogP contribution in [0.3, 0.4) is 0 Å². The van der Waals surface area contributed by atoms with E-state index >= 15 is 0 Å². The standard InChI is InChI=1S/C16H11FN2O4S/c17-12-7-2-6-11(16(20)21)15(12)19-24(22,23)13-8-1-4-10-5-3-9-18-14(10)13/h1-9,19H,(H,20,21). The minimum absolute atomic E-state index is 0.166. The number of aromatic carboxylic acids is 1. The predicted octanol–water partition coefficient (Wildman–Crippen LogP) is 2.87. The first-order chi connectivity index (χ1) is 11.4. The third-order valence-corrected chi connectivity index (χ3v) is 4.75. The zero-order chi connectivity index (χ0) is 17.3. The predicted molar refractivity (Wildman–Crippen MR) is 85.9 cm³/mol. The van der Waals surface area contributed by atoms with E-state index < -0.39 is 33.1 Å². The van der Waals surface area contributed by atoms with Gasteiger partial charge < -0.3 is 5.11 Å². The number of fused-ring (bicyclic) bond motifs is 1. The van der Waals surface area contributed by atoms with E-state index in [2.05, 4.69) is 4.98 Å². The molecule has 2 N–H and O–H groups in total. The fraction of sp³-hybridized carbons (Fsp3) is 0. The summed E-state index contributed by atoms with van der Waals surface area (Å²) in [7, 11) is -4.23. The van der Waals surface area contributed by atoms with Crippen molar-refractivity contribution in [2.24, 2.45) is 0 Å². The van der Waals surface area contributed by atoms with Crippen LogP contribution in [-0.4, -0.2) is 24.5 Å². The molecule has 0 aliphatic rings. The molecule has 0 atom stereocenters. The molecule has 3 rings (SSSR count). The van der Waals surface area contributed by atoms with Crippen LogP contribution in [0.2, 0.25) is 0 Å². The molecule has 3 aromatic rings. The van der Waals surface area contributed by atoms with Gasteiger partial charge in [-0.15, -0.1) is 0 Å². The second-order valence-corrected chi connectivity index (χ2v) is 6.56. The fourth-order valence-corrected chi connectivity index (χ4v) is 3.56. The van der Waals surface area contributed by atoms with Crippen molar-refractivity contribution in [3.63, 3.8) is 0 Å². The highest BCUT2D eigenvalue weighted by atomic mass is 32.2. The van der Waals surface area contributed by atoms with Gasteiger partial charge in [0.2, 0.25) is 0 Å². The Kier molecular flexibility index (Phi) is 3.90. The average Bonchev–Trinajstić information content (AvgIpc) is 2.55. The highest BCUT2D eigenvalue weighted by Crippen LogP contribution is 2.26. The van der Waals surface area contributed by atoms with Crippen molar-refractivity contribution in [1.82, 2.24) is 4.98 Å². The largest absolute Gasteiger partial charge is 0.478 e. The number of para-hydroxylation sites is 2. The third kappa shape index (κ3) is 2.79. The number of pyridine rings is 1. The van der Waals surface area contributed by atoms with E-state index in [1.54, 1.807) is 18.2 Å². The Hall–Kier alpha value is -3.00. The molecule has 0 unspecified atom stereocenters. The number of aromatic nitrogens is 1. The van der Waals surface area contributed by atoms with Gasteiger partial charge >= 0.3 is 5.97 Å². The smallest absolute Gasteiger partial charge is 0.337 e. The molecule has 8 heteroatoms. The third-order valence-electron chi connectivity index (χ3n) is 3.37. The molecule has 1 aromatic heterocycles. The number of anilines is 1. The summed E-state index contributed by atoms with van der Waals surface area (Å²) >= 11 is 0. The van der Waals surface area contributed by atoms with Gasteiger partial charge in [0, 0.05) is 11.6 Å². The van der Waals surface area contributed by atoms with Crippen molar-refractivity contribution >= 4 is 32.6 Å². The molecule has 24 heavy (non-hydrogen) atoms. The number of benzene rings is 2. The molecule has 0 radical (unpaired) electrons. The second kappa shape index (κ2) is 5.89. The summed E-state index contributed by atoms with van der Waals surface area (Å²) < 4.78 is 41.2. The van der Waals surface area contributed by atoms with Crippen molar-refractivity contribution in [2.45, 2.75) is 4.90 Å². The number of nitrogens with zero attached hydrogens (tertiary/aromatic N) is 1. The molecule has 0 saturated carbocycles. The van der Waals surface area contributed by atoms with Gasteiger partial charge in [0.15, 0.2) is 0 Å². The van der Waals surface area contributed by atoms with E-state index in [9.17, 15) is 17.6 Å². The van der Waals surface area contributed by atoms with Gasteiger partial charge in [-0.1, -0.05) is 24.3 Å². The summed E-state index contributed by atoms with van der Waals surface area (Å²) in [5, 5.41) is 9.71. The van der Waals surface area contributed by atoms with Crippen LogP contribution in [0.1, 0.15) is 10.4 Å². The van der Waals surface area contributed by atoms with Crippen LogP contribution in [0.4, 0.5) is 10.1 Å². The van der Waals surface area contributed by atoms with Crippen molar-refractivity contribution < 1.29 is 22.7 Å². The molecule has 1 heterocycles. The van der Waals surface area contributed by atoms with Gasteiger partial charge in [0.1, 0.15) is 10.7 Å². The Morgan fingerprint density at radius 2 is 1.79 bits per heavy atom. The zero-order valence-corrected chi connectivity index (χ0v) is 12.9. The maximum atomic E-state index is 14.0. The van der Waals surface area contributed by atoms with Crippen LogP contribution in [0, 0.1) is 5.82 Å². The summed E-state index contributed by atoms with van der Waals surface area (Å²) in [6, 6.07) is 11.2. The lowest BCUT2D eigenvalue weighted by Crippen LogP contribution is -2.17. The van der Waals surface area contributed by atoms with Crippen LogP contribution in [0.25, 0.3) is 10.9 Å². The van der Waals surface area contributed by atoms with E-state index in [0.717, 1.165) is 12.1 Å². The minimum Gasteiger partial charge on any atom is -0.478 e. The van der Waals surface area contributed by atoms with Gasteiger partial charge in [-0.05, 0) is 24.3 Å². The van der Waals surface area contributed by atoms with Crippen LogP contribution >= 0.6 is 0 Å². The number of carboxylic acid groups (broad SMARTS) is 1. The minimum atomic E-state index is -4.23. The zero-order valence-electron chi connectivity index (χ0n) is 12.1. The summed E-state index contributed by atoms with van der Waals surface area (Å²) in [6.07, 6.45) is 1.44. The monoisotopic (exact) mass is 346 g/mol. The normalized spacial score (nSPS) is 11.4. The topological polar surface area (TPSA) is 96.4 Å². The number of nitrogens with one attached hydrogen (secondary N) is 1. The molecule has 0 aliphatic carbocycles. The van der Waals surface area contributed by atoms with Gasteiger partial charge in [0.25, 0.3) is 10.0 Å². The molecule has 0 aliphatic heterocycles. The Bertz CT molecular complexity index is 1050. The second-order valence-electron chi connectivity index (χ2n) is 4.90. The quantitative estimate of drug-likeness (QED) is 0.757. The Balaban J connectivity index is 2.15. The van der Waals surface area contributed by atoms with Crippen molar-refractivity contribution in [1.29, 1.82) is 0 Å². The highest BCUT2D eigenvalue weighted by Gasteiger charge is 2.23. The summed E-state index contributed by atoms with van der Waals surface area (Å²) in [5.41, 5.74) is -0.884. The SMILES string of the molecule is O=C(O)c1cccc(F)c1NS(=O)(=O)c1cccc2cccnc12. The molecule has 6 nitrogen and oxygen atoms in total. The van der Waals surface area contributed by atoms with Gasteiger partial charge in [-0.25, -0.2) is 17.6 Å². The van der Waals surface area contributed by atoms with E-state index in [4.69, 9.17) is 5.11 Å². The lowest BCUT2D eigenvalue weighted by atomic mass is 10.2. The first-order valence-corrected chi connectivity index (χ1v) is 8.27. The van der Waals surface area contributed by atoms with Crippen molar-refractivity contribution in [2.75, 3.05) is 4.72 Å². The number of hydrogen-bond donors (Lipinski definition) is 2. The highest BCUT2D eigenvalue weighted by molar-refractivity contribution is 7.93. The Morgan fingerprint density at radius 1 is 1.08 bits per heavy atom. The number of carboxylic acids is 1. The molecule has 0 saturated heterocycles. The summed E-state index contributed by atoms with van der Waals surface area (Å²) in [6.45, 7) is 0. The molecule has 0 amide bonds. The molecular formula is C16H11FN2O4S. The lowest BCUT2D eigenvalue weighted by Gasteiger charge is -2.12.